The second-order valence-corrected chi connectivity index (χ2v) is 5.69. The number of carbonyl (C=O) groups is 2. The molecule has 0 radical (unpaired) electrons. The minimum Gasteiger partial charge on any atom is -0.493 e. The third kappa shape index (κ3) is 6.19. The number of halogens is 3. The van der Waals surface area contributed by atoms with Crippen molar-refractivity contribution in [2.75, 3.05) is 25.6 Å². The molecule has 2 amide bonds. The molecule has 0 bridgehead atoms. The lowest BCUT2D eigenvalue weighted by Crippen LogP contribution is -2.30. The molecule has 0 heterocycles. The highest BCUT2D eigenvalue weighted by molar-refractivity contribution is 5.89. The first kappa shape index (κ1) is 21.1. The highest BCUT2D eigenvalue weighted by Gasteiger charge is 2.29. The smallest absolute Gasteiger partial charge is 0.416 e. The van der Waals surface area contributed by atoms with E-state index in [0.717, 1.165) is 12.1 Å². The first-order chi connectivity index (χ1) is 13.3. The summed E-state index contributed by atoms with van der Waals surface area (Å²) in [6.07, 6.45) is -3.23. The number of hydrogen-bond donors (Lipinski definition) is 2. The molecule has 0 saturated carbocycles. The predicted octanol–water partition coefficient (Wildman–Crippen LogP) is 4.12. The van der Waals surface area contributed by atoms with E-state index in [1.54, 1.807) is 18.2 Å². The molecule has 0 spiro atoms. The van der Waals surface area contributed by atoms with Crippen LogP contribution >= 0.6 is 0 Å². The summed E-state index contributed by atoms with van der Waals surface area (Å²) >= 11 is 0. The summed E-state index contributed by atoms with van der Waals surface area (Å²) in [6, 6.07) is 8.39. The molecule has 6 nitrogen and oxygen atoms in total. The van der Waals surface area contributed by atoms with Gasteiger partial charge in [-0.1, -0.05) is 0 Å². The Balaban J connectivity index is 1.72. The first-order valence-electron chi connectivity index (χ1n) is 8.31. The molecule has 0 fully saturated rings. The molecule has 2 rings (SSSR count). The van der Waals surface area contributed by atoms with Crippen molar-refractivity contribution in [1.82, 2.24) is 5.32 Å². The fourth-order valence-corrected chi connectivity index (χ4v) is 2.25. The molecule has 2 aromatic carbocycles. The minimum atomic E-state index is -4.42. The number of carbonyl (C=O) groups excluding carboxylic acids is 2. The molecular weight excluding hydrogens is 377 g/mol. The maximum absolute atomic E-state index is 12.5. The molecule has 0 unspecified atom stereocenters. The molecule has 0 saturated heterocycles. The summed E-state index contributed by atoms with van der Waals surface area (Å²) in [5, 5.41) is 5.03. The van der Waals surface area contributed by atoms with Gasteiger partial charge in [0.25, 0.3) is 0 Å². The van der Waals surface area contributed by atoms with Gasteiger partial charge >= 0.3 is 12.2 Å². The van der Waals surface area contributed by atoms with Gasteiger partial charge in [0.1, 0.15) is 6.29 Å². The normalized spacial score (nSPS) is 10.9. The molecule has 0 atom stereocenters. The van der Waals surface area contributed by atoms with Crippen LogP contribution in [-0.2, 0) is 6.18 Å². The Bertz CT molecular complexity index is 808. The Morgan fingerprint density at radius 2 is 1.82 bits per heavy atom. The number of methoxy groups -OCH3 is 1. The molecule has 150 valence electrons. The lowest BCUT2D eigenvalue weighted by Gasteiger charge is -2.12. The standard InChI is InChI=1S/C19H19F3N2O4/c1-27-17-11-13(12-25)3-8-16(17)28-10-2-9-23-18(26)24-15-6-4-14(5-7-15)19(20,21)22/h3-8,11-12H,2,9-10H2,1H3,(H2,23,24,26). The minimum absolute atomic E-state index is 0.252. The largest absolute Gasteiger partial charge is 0.493 e. The number of amides is 2. The van der Waals surface area contributed by atoms with Gasteiger partial charge in [0.05, 0.1) is 19.3 Å². The van der Waals surface area contributed by atoms with Crippen LogP contribution in [-0.4, -0.2) is 32.6 Å². The van der Waals surface area contributed by atoms with Crippen molar-refractivity contribution >= 4 is 18.0 Å². The van der Waals surface area contributed by atoms with Crippen LogP contribution in [0.3, 0.4) is 0 Å². The van der Waals surface area contributed by atoms with E-state index in [4.69, 9.17) is 9.47 Å². The van der Waals surface area contributed by atoms with Gasteiger partial charge in [0.15, 0.2) is 11.5 Å². The molecular formula is C19H19F3N2O4. The molecule has 0 aliphatic heterocycles. The summed E-state index contributed by atoms with van der Waals surface area (Å²) in [4.78, 5) is 22.5. The van der Waals surface area contributed by atoms with Crippen molar-refractivity contribution < 1.29 is 32.2 Å². The first-order valence-corrected chi connectivity index (χ1v) is 8.31. The van der Waals surface area contributed by atoms with Crippen molar-refractivity contribution in [1.29, 1.82) is 0 Å². The lowest BCUT2D eigenvalue weighted by molar-refractivity contribution is -0.137. The zero-order valence-corrected chi connectivity index (χ0v) is 15.0. The third-order valence-corrected chi connectivity index (χ3v) is 3.66. The maximum Gasteiger partial charge on any atom is 0.416 e. The van der Waals surface area contributed by atoms with Gasteiger partial charge in [-0.2, -0.15) is 13.2 Å². The summed E-state index contributed by atoms with van der Waals surface area (Å²) in [6.45, 7) is 0.582. The van der Waals surface area contributed by atoms with Crippen LogP contribution < -0.4 is 20.1 Å². The quantitative estimate of drug-likeness (QED) is 0.520. The molecule has 0 aromatic heterocycles. The van der Waals surface area contributed by atoms with Gasteiger partial charge in [-0.05, 0) is 48.9 Å². The average Bonchev–Trinajstić information content (AvgIpc) is 2.67. The summed E-state index contributed by atoms with van der Waals surface area (Å²) in [5.74, 6) is 0.903. The highest BCUT2D eigenvalue weighted by Crippen LogP contribution is 2.30. The number of urea groups is 1. The van der Waals surface area contributed by atoms with Crippen LogP contribution in [0, 0.1) is 0 Å². The Kier molecular flexibility index (Phi) is 7.25. The number of ether oxygens (including phenoxy) is 2. The zero-order valence-electron chi connectivity index (χ0n) is 15.0. The molecule has 0 aliphatic rings. The van der Waals surface area contributed by atoms with Gasteiger partial charge in [-0.3, -0.25) is 4.79 Å². The van der Waals surface area contributed by atoms with Crippen molar-refractivity contribution in [2.45, 2.75) is 12.6 Å². The number of anilines is 1. The van der Waals surface area contributed by atoms with E-state index in [9.17, 15) is 22.8 Å². The van der Waals surface area contributed by atoms with Crippen LogP contribution in [0.25, 0.3) is 0 Å². The SMILES string of the molecule is COc1cc(C=O)ccc1OCCCNC(=O)Nc1ccc(C(F)(F)F)cc1. The third-order valence-electron chi connectivity index (χ3n) is 3.66. The zero-order chi connectivity index (χ0) is 20.6. The fraction of sp³-hybridized carbons (Fsp3) is 0.263. The Hall–Kier alpha value is -3.23. The van der Waals surface area contributed by atoms with Crippen LogP contribution in [0.2, 0.25) is 0 Å². The number of aldehydes is 1. The highest BCUT2D eigenvalue weighted by atomic mass is 19.4. The summed E-state index contributed by atoms with van der Waals surface area (Å²) in [7, 11) is 1.46. The summed E-state index contributed by atoms with van der Waals surface area (Å²) in [5.41, 5.74) is -0.0697. The number of nitrogens with one attached hydrogen (secondary N) is 2. The van der Waals surface area contributed by atoms with Gasteiger partial charge in [-0.25, -0.2) is 4.79 Å². The Labute approximate surface area is 159 Å². The van der Waals surface area contributed by atoms with E-state index >= 15 is 0 Å². The van der Waals surface area contributed by atoms with E-state index < -0.39 is 17.8 Å². The monoisotopic (exact) mass is 396 g/mol. The van der Waals surface area contributed by atoms with Gasteiger partial charge in [0, 0.05) is 17.8 Å². The van der Waals surface area contributed by atoms with E-state index in [-0.39, 0.29) is 12.3 Å². The van der Waals surface area contributed by atoms with Gasteiger partial charge in [0.2, 0.25) is 0 Å². The fourth-order valence-electron chi connectivity index (χ4n) is 2.25. The Morgan fingerprint density at radius 1 is 1.11 bits per heavy atom. The molecule has 28 heavy (non-hydrogen) atoms. The Morgan fingerprint density at radius 3 is 2.43 bits per heavy atom. The van der Waals surface area contributed by atoms with Crippen molar-refractivity contribution in [3.63, 3.8) is 0 Å². The second-order valence-electron chi connectivity index (χ2n) is 5.69. The van der Waals surface area contributed by atoms with Crippen LogP contribution in [0.1, 0.15) is 22.3 Å². The number of benzene rings is 2. The maximum atomic E-state index is 12.5. The average molecular weight is 396 g/mol. The molecule has 0 aliphatic carbocycles. The predicted molar refractivity (Wildman–Crippen MR) is 97.0 cm³/mol. The molecule has 9 heteroatoms. The van der Waals surface area contributed by atoms with Crippen LogP contribution in [0.5, 0.6) is 11.5 Å². The van der Waals surface area contributed by atoms with Crippen LogP contribution in [0.4, 0.5) is 23.7 Å². The van der Waals surface area contributed by atoms with E-state index in [0.29, 0.717) is 36.3 Å². The lowest BCUT2D eigenvalue weighted by atomic mass is 10.2. The molecule has 2 aromatic rings. The topological polar surface area (TPSA) is 76.7 Å². The number of hydrogen-bond acceptors (Lipinski definition) is 4. The van der Waals surface area contributed by atoms with Gasteiger partial charge in [-0.15, -0.1) is 0 Å². The van der Waals surface area contributed by atoms with E-state index in [1.165, 1.54) is 19.2 Å². The molecule has 2 N–H and O–H groups in total. The van der Waals surface area contributed by atoms with Crippen LogP contribution in [0.15, 0.2) is 42.5 Å². The van der Waals surface area contributed by atoms with E-state index in [2.05, 4.69) is 10.6 Å². The van der Waals surface area contributed by atoms with Gasteiger partial charge < -0.3 is 20.1 Å². The second kappa shape index (κ2) is 9.63. The summed E-state index contributed by atoms with van der Waals surface area (Å²) < 4.78 is 48.2. The van der Waals surface area contributed by atoms with E-state index in [1.807, 2.05) is 0 Å². The number of alkyl halides is 3. The number of rotatable bonds is 8. The van der Waals surface area contributed by atoms with Crippen molar-refractivity contribution in [3.8, 4) is 11.5 Å². The van der Waals surface area contributed by atoms with Crippen molar-refractivity contribution in [2.24, 2.45) is 0 Å². The van der Waals surface area contributed by atoms with Crippen molar-refractivity contribution in [3.05, 3.63) is 53.6 Å².